The van der Waals surface area contributed by atoms with Crippen molar-refractivity contribution in [3.63, 3.8) is 0 Å². The molecule has 27 heavy (non-hydrogen) atoms. The lowest BCUT2D eigenvalue weighted by Gasteiger charge is -2.06. The molecule has 6 nitrogen and oxygen atoms in total. The Morgan fingerprint density at radius 3 is 2.56 bits per heavy atom. The fourth-order valence-electron chi connectivity index (χ4n) is 2.59. The second-order valence-electron chi connectivity index (χ2n) is 6.13. The number of nitrogens with zero attached hydrogens (tertiary/aromatic N) is 1. The Hall–Kier alpha value is -2.93. The monoisotopic (exact) mass is 384 g/mol. The largest absolute Gasteiger partial charge is 0.455 e. The number of carbonyl (C=O) groups excluding carboxylic acids is 2. The molecule has 3 aromatic rings. The number of hydrogen-bond acceptors (Lipinski definition) is 6. The van der Waals surface area contributed by atoms with Crippen molar-refractivity contribution < 1.29 is 18.7 Å². The highest BCUT2D eigenvalue weighted by Gasteiger charge is 2.22. The molecular weight excluding hydrogens is 364 g/mol. The summed E-state index contributed by atoms with van der Waals surface area (Å²) in [5.41, 5.74) is 2.61. The Bertz CT molecular complexity index is 989. The summed E-state index contributed by atoms with van der Waals surface area (Å²) >= 11 is 1.36. The van der Waals surface area contributed by atoms with Crippen molar-refractivity contribution in [3.8, 4) is 11.5 Å². The second-order valence-corrected chi connectivity index (χ2v) is 7.36. The zero-order chi connectivity index (χ0) is 19.6. The predicted octanol–water partition coefficient (Wildman–Crippen LogP) is 4.64. The minimum Gasteiger partial charge on any atom is -0.455 e. The zero-order valence-electron chi connectivity index (χ0n) is 15.6. The highest BCUT2D eigenvalue weighted by molar-refractivity contribution is 7.16. The number of ether oxygens (including phenoxy) is 1. The number of amides is 1. The van der Waals surface area contributed by atoms with Crippen LogP contribution in [0.2, 0.25) is 0 Å². The SMILES string of the molecule is CC(=O)Nc1sc(C)c(C)c1C(=O)OCc1nc(-c2ccccc2)oc1C. The number of carbonyl (C=O) groups is 2. The highest BCUT2D eigenvalue weighted by Crippen LogP contribution is 2.33. The maximum atomic E-state index is 12.6. The smallest absolute Gasteiger partial charge is 0.341 e. The third-order valence-corrected chi connectivity index (χ3v) is 5.26. The standard InChI is InChI=1S/C20H20N2O4S/c1-11-13(3)27-19(21-14(4)23)17(11)20(24)25-10-16-12(2)26-18(22-16)15-8-6-5-7-9-15/h5-9H,10H2,1-4H3,(H,21,23). The lowest BCUT2D eigenvalue weighted by molar-refractivity contribution is -0.114. The summed E-state index contributed by atoms with van der Waals surface area (Å²) in [5, 5.41) is 3.20. The first-order valence-electron chi connectivity index (χ1n) is 8.43. The minimum absolute atomic E-state index is 0.00511. The maximum absolute atomic E-state index is 12.6. The van der Waals surface area contributed by atoms with E-state index in [4.69, 9.17) is 9.15 Å². The van der Waals surface area contributed by atoms with E-state index in [9.17, 15) is 9.59 Å². The molecule has 0 spiro atoms. The first kappa shape index (κ1) is 18.8. The number of oxazole rings is 1. The molecule has 0 fully saturated rings. The van der Waals surface area contributed by atoms with Crippen molar-refractivity contribution >= 4 is 28.2 Å². The molecule has 0 aliphatic carbocycles. The van der Waals surface area contributed by atoms with Crippen molar-refractivity contribution in [1.29, 1.82) is 0 Å². The fourth-order valence-corrected chi connectivity index (χ4v) is 3.69. The van der Waals surface area contributed by atoms with Gasteiger partial charge in [-0.15, -0.1) is 11.3 Å². The van der Waals surface area contributed by atoms with Gasteiger partial charge in [-0.1, -0.05) is 18.2 Å². The van der Waals surface area contributed by atoms with Crippen LogP contribution in [-0.4, -0.2) is 16.9 Å². The molecule has 0 unspecified atom stereocenters. The Balaban J connectivity index is 1.77. The Morgan fingerprint density at radius 1 is 1.19 bits per heavy atom. The molecule has 2 aromatic heterocycles. The number of aromatic nitrogens is 1. The van der Waals surface area contributed by atoms with Gasteiger partial charge in [-0.3, -0.25) is 4.79 Å². The van der Waals surface area contributed by atoms with Gasteiger partial charge in [-0.25, -0.2) is 9.78 Å². The summed E-state index contributed by atoms with van der Waals surface area (Å²) in [5.74, 6) is 0.358. The molecule has 1 N–H and O–H groups in total. The molecule has 140 valence electrons. The Morgan fingerprint density at radius 2 is 1.89 bits per heavy atom. The average molecular weight is 384 g/mol. The molecule has 0 bridgehead atoms. The van der Waals surface area contributed by atoms with E-state index in [1.165, 1.54) is 18.3 Å². The van der Waals surface area contributed by atoms with Gasteiger partial charge in [0, 0.05) is 17.4 Å². The van der Waals surface area contributed by atoms with Gasteiger partial charge in [0.1, 0.15) is 23.1 Å². The van der Waals surface area contributed by atoms with E-state index in [0.29, 0.717) is 27.9 Å². The topological polar surface area (TPSA) is 81.4 Å². The summed E-state index contributed by atoms with van der Waals surface area (Å²) in [7, 11) is 0. The minimum atomic E-state index is -0.496. The number of aryl methyl sites for hydroxylation is 2. The molecule has 1 aromatic carbocycles. The van der Waals surface area contributed by atoms with Crippen LogP contribution in [0.4, 0.5) is 5.00 Å². The summed E-state index contributed by atoms with van der Waals surface area (Å²) in [6.45, 7) is 6.92. The van der Waals surface area contributed by atoms with Crippen LogP contribution in [0.3, 0.4) is 0 Å². The Kier molecular flexibility index (Phi) is 5.41. The number of benzene rings is 1. The van der Waals surface area contributed by atoms with Gasteiger partial charge >= 0.3 is 5.97 Å². The van der Waals surface area contributed by atoms with E-state index < -0.39 is 5.97 Å². The lowest BCUT2D eigenvalue weighted by atomic mass is 10.1. The summed E-state index contributed by atoms with van der Waals surface area (Å²) in [6.07, 6.45) is 0. The zero-order valence-corrected chi connectivity index (χ0v) is 16.4. The second kappa shape index (κ2) is 7.75. The fraction of sp³-hybridized carbons (Fsp3) is 0.250. The van der Waals surface area contributed by atoms with E-state index in [-0.39, 0.29) is 12.5 Å². The van der Waals surface area contributed by atoms with Crippen molar-refractivity contribution in [2.24, 2.45) is 0 Å². The van der Waals surface area contributed by atoms with Gasteiger partial charge in [-0.05, 0) is 38.5 Å². The molecular formula is C20H20N2O4S. The Labute approximate surface area is 161 Å². The number of nitrogens with one attached hydrogen (secondary N) is 1. The van der Waals surface area contributed by atoms with E-state index in [0.717, 1.165) is 16.0 Å². The van der Waals surface area contributed by atoms with Gasteiger partial charge < -0.3 is 14.5 Å². The molecule has 0 aliphatic rings. The van der Waals surface area contributed by atoms with Crippen molar-refractivity contribution in [2.45, 2.75) is 34.3 Å². The van der Waals surface area contributed by atoms with Gasteiger partial charge in [0.2, 0.25) is 11.8 Å². The summed E-state index contributed by atoms with van der Waals surface area (Å²) in [4.78, 5) is 29.4. The van der Waals surface area contributed by atoms with Gasteiger partial charge in [0.25, 0.3) is 0 Å². The van der Waals surface area contributed by atoms with Crippen molar-refractivity contribution in [2.75, 3.05) is 5.32 Å². The van der Waals surface area contributed by atoms with Crippen LogP contribution in [0.1, 0.15) is 39.2 Å². The average Bonchev–Trinajstić information content (AvgIpc) is 3.13. The first-order chi connectivity index (χ1) is 12.9. The predicted molar refractivity (Wildman–Crippen MR) is 104 cm³/mol. The van der Waals surface area contributed by atoms with Crippen LogP contribution in [-0.2, 0) is 16.1 Å². The van der Waals surface area contributed by atoms with Crippen molar-refractivity contribution in [3.05, 3.63) is 57.8 Å². The molecule has 0 radical (unpaired) electrons. The van der Waals surface area contributed by atoms with E-state index in [2.05, 4.69) is 10.3 Å². The van der Waals surface area contributed by atoms with Crippen LogP contribution < -0.4 is 5.32 Å². The van der Waals surface area contributed by atoms with Crippen LogP contribution in [0.15, 0.2) is 34.7 Å². The molecule has 0 aliphatic heterocycles. The number of thiophene rings is 1. The first-order valence-corrected chi connectivity index (χ1v) is 9.25. The third-order valence-electron chi connectivity index (χ3n) is 4.13. The van der Waals surface area contributed by atoms with Crippen LogP contribution in [0.25, 0.3) is 11.5 Å². The van der Waals surface area contributed by atoms with Gasteiger partial charge in [-0.2, -0.15) is 0 Å². The molecule has 0 atom stereocenters. The number of anilines is 1. The quantitative estimate of drug-likeness (QED) is 0.648. The molecule has 7 heteroatoms. The van der Waals surface area contributed by atoms with Crippen LogP contribution in [0, 0.1) is 20.8 Å². The molecule has 2 heterocycles. The van der Waals surface area contributed by atoms with E-state index in [1.807, 2.05) is 44.2 Å². The van der Waals surface area contributed by atoms with E-state index >= 15 is 0 Å². The molecule has 1 amide bonds. The molecule has 0 saturated carbocycles. The number of hydrogen-bond donors (Lipinski definition) is 1. The van der Waals surface area contributed by atoms with Crippen LogP contribution in [0.5, 0.6) is 0 Å². The van der Waals surface area contributed by atoms with Crippen LogP contribution >= 0.6 is 11.3 Å². The number of esters is 1. The van der Waals surface area contributed by atoms with Gasteiger partial charge in [0.05, 0.1) is 5.56 Å². The normalized spacial score (nSPS) is 10.7. The summed E-state index contributed by atoms with van der Waals surface area (Å²) < 4.78 is 11.1. The van der Waals surface area contributed by atoms with Gasteiger partial charge in [0.15, 0.2) is 0 Å². The van der Waals surface area contributed by atoms with Crippen molar-refractivity contribution in [1.82, 2.24) is 4.98 Å². The lowest BCUT2D eigenvalue weighted by Crippen LogP contribution is -2.12. The van der Waals surface area contributed by atoms with E-state index in [1.54, 1.807) is 6.92 Å². The highest BCUT2D eigenvalue weighted by atomic mass is 32.1. The summed E-state index contributed by atoms with van der Waals surface area (Å²) in [6, 6.07) is 9.52. The molecule has 0 saturated heterocycles. The maximum Gasteiger partial charge on any atom is 0.341 e. The third kappa shape index (κ3) is 4.09. The molecule has 3 rings (SSSR count). The number of rotatable bonds is 5.